The van der Waals surface area contributed by atoms with Gasteiger partial charge in [-0.05, 0) is 55.2 Å². The minimum atomic E-state index is 0.123. The topological polar surface area (TPSA) is 58.6 Å². The number of phenols is 1. The molecular formula is C20H16Cl2N2O2. The highest BCUT2D eigenvalue weighted by atomic mass is 35.5. The van der Waals surface area contributed by atoms with E-state index in [4.69, 9.17) is 32.7 Å². The van der Waals surface area contributed by atoms with Crippen molar-refractivity contribution >= 4 is 34.6 Å². The highest BCUT2D eigenvalue weighted by Crippen LogP contribution is 2.38. The van der Waals surface area contributed by atoms with Crippen molar-refractivity contribution in [2.45, 2.75) is 25.7 Å². The summed E-state index contributed by atoms with van der Waals surface area (Å²) < 4.78 is 5.51. The van der Waals surface area contributed by atoms with Crippen molar-refractivity contribution in [3.05, 3.63) is 75.1 Å². The van der Waals surface area contributed by atoms with E-state index < -0.39 is 0 Å². The van der Waals surface area contributed by atoms with Crippen LogP contribution >= 0.6 is 23.2 Å². The largest absolute Gasteiger partial charge is 0.507 e. The van der Waals surface area contributed by atoms with Crippen LogP contribution in [0.1, 0.15) is 34.9 Å². The minimum absolute atomic E-state index is 0.123. The van der Waals surface area contributed by atoms with Gasteiger partial charge in [0.25, 0.3) is 0 Å². The number of rotatable bonds is 2. The zero-order chi connectivity index (χ0) is 18.3. The Morgan fingerprint density at radius 3 is 2.54 bits per heavy atom. The van der Waals surface area contributed by atoms with Crippen LogP contribution in [0.15, 0.2) is 52.0 Å². The Bertz CT molecular complexity index is 994. The van der Waals surface area contributed by atoms with E-state index in [0.29, 0.717) is 28.5 Å². The van der Waals surface area contributed by atoms with E-state index >= 15 is 0 Å². The summed E-state index contributed by atoms with van der Waals surface area (Å²) in [6.45, 7) is 1.86. The quantitative estimate of drug-likeness (QED) is 0.600. The normalized spacial score (nSPS) is 16.7. The molecule has 2 aromatic carbocycles. The molecule has 1 aliphatic heterocycles. The number of aromatic nitrogens is 1. The molecule has 132 valence electrons. The summed E-state index contributed by atoms with van der Waals surface area (Å²) in [7, 11) is 0. The molecule has 4 nitrogen and oxygen atoms in total. The van der Waals surface area contributed by atoms with Gasteiger partial charge in [-0.2, -0.15) is 0 Å². The maximum atomic E-state index is 10.3. The molecule has 0 amide bonds. The van der Waals surface area contributed by atoms with Crippen molar-refractivity contribution in [1.82, 2.24) is 5.16 Å². The number of aromatic hydroxyl groups is 1. The first kappa shape index (κ1) is 17.1. The molecule has 6 heteroatoms. The fourth-order valence-corrected chi connectivity index (χ4v) is 3.58. The van der Waals surface area contributed by atoms with Crippen LogP contribution < -0.4 is 0 Å². The van der Waals surface area contributed by atoms with Crippen LogP contribution in [0.2, 0.25) is 10.0 Å². The smallest absolute Gasteiger partial charge is 0.163 e. The molecule has 1 aliphatic rings. The number of phenolic OH excluding ortho intramolecular Hbond substituents is 1. The van der Waals surface area contributed by atoms with Crippen molar-refractivity contribution in [3.8, 4) is 5.75 Å². The molecule has 2 heterocycles. The van der Waals surface area contributed by atoms with Crippen LogP contribution in [0.3, 0.4) is 0 Å². The molecule has 1 N–H and O–H groups in total. The Labute approximate surface area is 161 Å². The summed E-state index contributed by atoms with van der Waals surface area (Å²) in [6, 6.07) is 12.8. The van der Waals surface area contributed by atoms with Gasteiger partial charge in [-0.1, -0.05) is 40.5 Å². The van der Waals surface area contributed by atoms with Gasteiger partial charge in [0, 0.05) is 22.0 Å². The first-order chi connectivity index (χ1) is 12.5. The zero-order valence-corrected chi connectivity index (χ0v) is 15.6. The van der Waals surface area contributed by atoms with Crippen LogP contribution in [0.25, 0.3) is 0 Å². The van der Waals surface area contributed by atoms with E-state index in [1.54, 1.807) is 18.2 Å². The summed E-state index contributed by atoms with van der Waals surface area (Å²) in [6.07, 6.45) is 1.31. The predicted molar refractivity (Wildman–Crippen MR) is 103 cm³/mol. The van der Waals surface area contributed by atoms with Gasteiger partial charge in [-0.15, -0.1) is 0 Å². The Kier molecular flexibility index (Phi) is 4.47. The van der Waals surface area contributed by atoms with Gasteiger partial charge in [-0.25, -0.2) is 4.99 Å². The lowest BCUT2D eigenvalue weighted by Crippen LogP contribution is -2.09. The fraction of sp³-hybridized carbons (Fsp3) is 0.200. The molecule has 3 aromatic rings. The van der Waals surface area contributed by atoms with E-state index in [2.05, 4.69) is 5.16 Å². The van der Waals surface area contributed by atoms with Crippen LogP contribution in [0, 0.1) is 6.92 Å². The highest BCUT2D eigenvalue weighted by molar-refractivity contribution is 6.31. The lowest BCUT2D eigenvalue weighted by atomic mass is 9.88. The van der Waals surface area contributed by atoms with Gasteiger partial charge < -0.3 is 9.63 Å². The second kappa shape index (κ2) is 6.78. The van der Waals surface area contributed by atoms with Gasteiger partial charge in [0.15, 0.2) is 5.76 Å². The Hall–Kier alpha value is -2.30. The second-order valence-electron chi connectivity index (χ2n) is 6.42. The SMILES string of the molecule is Cc1noc2c1N=C(c1cc(Cl)ccc1O)CC(c1ccc(Cl)cc1)C2. The Morgan fingerprint density at radius 1 is 1.04 bits per heavy atom. The van der Waals surface area contributed by atoms with Crippen molar-refractivity contribution in [2.75, 3.05) is 0 Å². The molecule has 1 unspecified atom stereocenters. The van der Waals surface area contributed by atoms with Crippen LogP contribution in [0.5, 0.6) is 5.75 Å². The van der Waals surface area contributed by atoms with E-state index in [9.17, 15) is 5.11 Å². The number of hydrogen-bond acceptors (Lipinski definition) is 4. The number of fused-ring (bicyclic) bond motifs is 1. The van der Waals surface area contributed by atoms with Crippen molar-refractivity contribution < 1.29 is 9.63 Å². The van der Waals surface area contributed by atoms with Gasteiger partial charge in [-0.3, -0.25) is 0 Å². The maximum Gasteiger partial charge on any atom is 0.163 e. The van der Waals surface area contributed by atoms with Crippen LogP contribution in [-0.4, -0.2) is 16.0 Å². The standard InChI is InChI=1S/C20H16Cl2N2O2/c1-11-20-19(26-24-11)9-13(12-2-4-14(21)5-3-12)8-17(23-20)16-10-15(22)6-7-18(16)25/h2-7,10,13,25H,8-9H2,1H3. The molecule has 0 saturated carbocycles. The third kappa shape index (κ3) is 3.22. The van der Waals surface area contributed by atoms with Crippen molar-refractivity contribution in [2.24, 2.45) is 4.99 Å². The number of benzene rings is 2. The van der Waals surface area contributed by atoms with Gasteiger partial charge >= 0.3 is 0 Å². The summed E-state index contributed by atoms with van der Waals surface area (Å²) in [4.78, 5) is 4.78. The summed E-state index contributed by atoms with van der Waals surface area (Å²) in [5.74, 6) is 1.03. The zero-order valence-electron chi connectivity index (χ0n) is 14.0. The van der Waals surface area contributed by atoms with Crippen molar-refractivity contribution in [3.63, 3.8) is 0 Å². The number of hydrogen-bond donors (Lipinski definition) is 1. The highest BCUT2D eigenvalue weighted by Gasteiger charge is 2.27. The number of aliphatic imine (C=N–C) groups is 1. The van der Waals surface area contributed by atoms with E-state index in [1.165, 1.54) is 0 Å². The molecule has 0 radical (unpaired) electrons. The summed E-state index contributed by atoms with van der Waals surface area (Å²) in [5, 5.41) is 15.6. The predicted octanol–water partition coefficient (Wildman–Crippen LogP) is 5.85. The van der Waals surface area contributed by atoms with Gasteiger partial charge in [0.05, 0.1) is 5.71 Å². The first-order valence-electron chi connectivity index (χ1n) is 8.28. The lowest BCUT2D eigenvalue weighted by Gasteiger charge is -2.16. The number of aryl methyl sites for hydroxylation is 1. The average Bonchev–Trinajstić information content (AvgIpc) is 2.86. The average molecular weight is 387 g/mol. The second-order valence-corrected chi connectivity index (χ2v) is 7.29. The van der Waals surface area contributed by atoms with Crippen LogP contribution in [-0.2, 0) is 6.42 Å². The van der Waals surface area contributed by atoms with Gasteiger partial charge in [0.1, 0.15) is 17.1 Å². The molecule has 1 aromatic heterocycles. The van der Waals surface area contributed by atoms with E-state index in [1.807, 2.05) is 31.2 Å². The first-order valence-corrected chi connectivity index (χ1v) is 9.04. The molecule has 0 aliphatic carbocycles. The Balaban J connectivity index is 1.84. The minimum Gasteiger partial charge on any atom is -0.507 e. The maximum absolute atomic E-state index is 10.3. The molecule has 0 spiro atoms. The molecule has 0 fully saturated rings. The van der Waals surface area contributed by atoms with Gasteiger partial charge in [0.2, 0.25) is 0 Å². The lowest BCUT2D eigenvalue weighted by molar-refractivity contribution is 0.373. The van der Waals surface area contributed by atoms with E-state index in [0.717, 1.165) is 28.4 Å². The van der Waals surface area contributed by atoms with Crippen LogP contribution in [0.4, 0.5) is 5.69 Å². The van der Waals surface area contributed by atoms with E-state index in [-0.39, 0.29) is 11.7 Å². The third-order valence-corrected chi connectivity index (χ3v) is 5.12. The molecule has 0 saturated heterocycles. The fourth-order valence-electron chi connectivity index (χ4n) is 3.28. The molecule has 4 rings (SSSR count). The van der Waals surface area contributed by atoms with Crippen molar-refractivity contribution in [1.29, 1.82) is 0 Å². The monoisotopic (exact) mass is 386 g/mol. The number of nitrogens with zero attached hydrogens (tertiary/aromatic N) is 2. The molecule has 0 bridgehead atoms. The summed E-state index contributed by atoms with van der Waals surface area (Å²) >= 11 is 12.2. The molecule has 1 atom stereocenters. The summed E-state index contributed by atoms with van der Waals surface area (Å²) in [5.41, 5.74) is 3.98. The molecule has 26 heavy (non-hydrogen) atoms. The Morgan fingerprint density at radius 2 is 1.77 bits per heavy atom. The molecular weight excluding hydrogens is 371 g/mol. The number of halogens is 2. The third-order valence-electron chi connectivity index (χ3n) is 4.63.